The summed E-state index contributed by atoms with van der Waals surface area (Å²) in [6, 6.07) is 3.37. The number of carbonyl (C=O) groups excluding carboxylic acids is 1. The van der Waals surface area contributed by atoms with Crippen LogP contribution in [0.4, 0.5) is 0 Å². The lowest BCUT2D eigenvalue weighted by atomic mass is 9.93. The number of sulfone groups is 1. The zero-order valence-corrected chi connectivity index (χ0v) is 19.4. The van der Waals surface area contributed by atoms with Crippen LogP contribution in [0.15, 0.2) is 16.9 Å². The second-order valence-corrected chi connectivity index (χ2v) is 12.2. The van der Waals surface area contributed by atoms with Crippen molar-refractivity contribution in [1.82, 2.24) is 24.4 Å². The van der Waals surface area contributed by atoms with Crippen LogP contribution >= 0.6 is 0 Å². The number of carbonyl (C=O) groups is 1. The molecule has 2 aliphatic heterocycles. The van der Waals surface area contributed by atoms with E-state index >= 15 is 0 Å². The van der Waals surface area contributed by atoms with Gasteiger partial charge >= 0.3 is 0 Å². The van der Waals surface area contributed by atoms with E-state index in [1.54, 1.807) is 11.0 Å². The van der Waals surface area contributed by atoms with Crippen LogP contribution in [0.3, 0.4) is 0 Å². The Morgan fingerprint density at radius 2 is 2.03 bits per heavy atom. The third-order valence-electron chi connectivity index (χ3n) is 6.45. The fourth-order valence-corrected chi connectivity index (χ4v) is 6.20. The van der Waals surface area contributed by atoms with Gasteiger partial charge in [0.1, 0.15) is 0 Å². The third kappa shape index (κ3) is 4.55. The predicted molar refractivity (Wildman–Crippen MR) is 118 cm³/mol. The summed E-state index contributed by atoms with van der Waals surface area (Å²) in [5.74, 6) is 0.331. The Morgan fingerprint density at radius 1 is 1.29 bits per heavy atom. The van der Waals surface area contributed by atoms with Crippen LogP contribution in [-0.4, -0.2) is 83.0 Å². The molecule has 2 aromatic heterocycles. The molecule has 0 aromatic carbocycles. The number of rotatable bonds is 4. The van der Waals surface area contributed by atoms with Crippen molar-refractivity contribution in [3.8, 4) is 0 Å². The van der Waals surface area contributed by atoms with E-state index in [1.165, 1.54) is 4.52 Å². The van der Waals surface area contributed by atoms with Crippen molar-refractivity contribution in [1.29, 1.82) is 0 Å². The maximum atomic E-state index is 12.8. The van der Waals surface area contributed by atoms with Gasteiger partial charge in [-0.1, -0.05) is 20.8 Å². The van der Waals surface area contributed by atoms with Gasteiger partial charge in [0.25, 0.3) is 5.56 Å². The van der Waals surface area contributed by atoms with E-state index in [1.807, 2.05) is 18.0 Å². The summed E-state index contributed by atoms with van der Waals surface area (Å²) in [5.41, 5.74) is 1.98. The van der Waals surface area contributed by atoms with Crippen LogP contribution in [0.1, 0.15) is 50.9 Å². The molecule has 0 saturated carbocycles. The van der Waals surface area contributed by atoms with Crippen molar-refractivity contribution in [3.63, 3.8) is 0 Å². The third-order valence-corrected chi connectivity index (χ3v) is 8.20. The smallest absolute Gasteiger partial charge is 0.272 e. The highest BCUT2D eigenvalue weighted by Gasteiger charge is 2.34. The SMILES string of the molecule is CN(CC(=O)N1CCC(c2cc(=O)n3[nH]c(C(C)(C)C)cc3n2)C1)C1CCS(=O)(=O)C1. The van der Waals surface area contributed by atoms with Gasteiger partial charge in [0.15, 0.2) is 15.5 Å². The monoisotopic (exact) mass is 449 g/mol. The molecule has 2 fully saturated rings. The number of hydrogen-bond donors (Lipinski definition) is 1. The largest absolute Gasteiger partial charge is 0.341 e. The van der Waals surface area contributed by atoms with Gasteiger partial charge in [-0.05, 0) is 19.9 Å². The molecule has 0 spiro atoms. The number of nitrogens with zero attached hydrogens (tertiary/aromatic N) is 4. The fourth-order valence-electron chi connectivity index (χ4n) is 4.40. The minimum atomic E-state index is -2.98. The van der Waals surface area contributed by atoms with Crippen LogP contribution < -0.4 is 5.56 Å². The molecular weight excluding hydrogens is 418 g/mol. The highest BCUT2D eigenvalue weighted by Crippen LogP contribution is 2.27. The lowest BCUT2D eigenvalue weighted by Gasteiger charge is -2.25. The summed E-state index contributed by atoms with van der Waals surface area (Å²) in [7, 11) is -1.17. The first-order valence-corrected chi connectivity index (χ1v) is 12.6. The first kappa shape index (κ1) is 22.0. The molecule has 10 heteroatoms. The number of aromatic amines is 1. The number of nitrogens with one attached hydrogen (secondary N) is 1. The highest BCUT2D eigenvalue weighted by atomic mass is 32.2. The number of likely N-dealkylation sites (tertiary alicyclic amines) is 1. The van der Waals surface area contributed by atoms with Crippen LogP contribution in [0.2, 0.25) is 0 Å². The summed E-state index contributed by atoms with van der Waals surface area (Å²) < 4.78 is 24.9. The molecule has 4 heterocycles. The summed E-state index contributed by atoms with van der Waals surface area (Å²) in [6.07, 6.45) is 1.34. The van der Waals surface area contributed by atoms with E-state index in [4.69, 9.17) is 4.98 Å². The maximum Gasteiger partial charge on any atom is 0.272 e. The molecule has 31 heavy (non-hydrogen) atoms. The zero-order valence-electron chi connectivity index (χ0n) is 18.6. The van der Waals surface area contributed by atoms with E-state index in [0.29, 0.717) is 25.2 Å². The van der Waals surface area contributed by atoms with Crippen molar-refractivity contribution >= 4 is 21.4 Å². The van der Waals surface area contributed by atoms with E-state index in [2.05, 4.69) is 25.9 Å². The molecule has 0 aliphatic carbocycles. The average molecular weight is 450 g/mol. The van der Waals surface area contributed by atoms with Gasteiger partial charge in [-0.15, -0.1) is 0 Å². The van der Waals surface area contributed by atoms with Gasteiger partial charge in [0.05, 0.1) is 23.7 Å². The van der Waals surface area contributed by atoms with Gasteiger partial charge in [-0.3, -0.25) is 19.6 Å². The summed E-state index contributed by atoms with van der Waals surface area (Å²) in [5, 5.41) is 3.13. The van der Waals surface area contributed by atoms with Crippen molar-refractivity contribution in [2.45, 2.75) is 51.0 Å². The summed E-state index contributed by atoms with van der Waals surface area (Å²) in [6.45, 7) is 7.55. The number of amides is 1. The number of H-pyrrole nitrogens is 1. The number of aromatic nitrogens is 3. The molecule has 1 amide bonds. The standard InChI is InChI=1S/C21H31N5O4S/c1-21(2,3)17-10-18-22-16(9-19(27)26(18)23-17)14-5-7-25(11-14)20(28)12-24(4)15-6-8-31(29,30)13-15/h9-10,14-15,23H,5-8,11-13H2,1-4H3. The maximum absolute atomic E-state index is 12.8. The Balaban J connectivity index is 1.44. The number of fused-ring (bicyclic) bond motifs is 1. The first-order chi connectivity index (χ1) is 14.4. The lowest BCUT2D eigenvalue weighted by Crippen LogP contribution is -2.42. The minimum absolute atomic E-state index is 0.0104. The fraction of sp³-hybridized carbons (Fsp3) is 0.667. The quantitative estimate of drug-likeness (QED) is 0.738. The molecular formula is C21H31N5O4S. The van der Waals surface area contributed by atoms with E-state index in [-0.39, 0.29) is 46.9 Å². The van der Waals surface area contributed by atoms with Gasteiger partial charge in [0, 0.05) is 48.3 Å². The van der Waals surface area contributed by atoms with Gasteiger partial charge in [-0.25, -0.2) is 17.9 Å². The molecule has 2 saturated heterocycles. The average Bonchev–Trinajstić information content (AvgIpc) is 3.38. The molecule has 2 unspecified atom stereocenters. The van der Waals surface area contributed by atoms with Crippen LogP contribution in [-0.2, 0) is 20.0 Å². The first-order valence-electron chi connectivity index (χ1n) is 10.7. The molecule has 0 radical (unpaired) electrons. The Kier molecular flexibility index (Phi) is 5.49. The van der Waals surface area contributed by atoms with Gasteiger partial charge < -0.3 is 4.90 Å². The molecule has 0 bridgehead atoms. The Bertz CT molecular complexity index is 1160. The van der Waals surface area contributed by atoms with Crippen molar-refractivity contribution < 1.29 is 13.2 Å². The van der Waals surface area contributed by atoms with Crippen molar-refractivity contribution in [2.24, 2.45) is 0 Å². The summed E-state index contributed by atoms with van der Waals surface area (Å²) in [4.78, 5) is 33.8. The van der Waals surface area contributed by atoms with Crippen LogP contribution in [0, 0.1) is 0 Å². The Morgan fingerprint density at radius 3 is 2.68 bits per heavy atom. The normalized spacial score (nSPS) is 23.8. The zero-order chi connectivity index (χ0) is 22.6. The second-order valence-electron chi connectivity index (χ2n) is 9.93. The molecule has 9 nitrogen and oxygen atoms in total. The molecule has 4 rings (SSSR count). The number of hydrogen-bond acceptors (Lipinski definition) is 6. The van der Waals surface area contributed by atoms with E-state index in [0.717, 1.165) is 17.8 Å². The minimum Gasteiger partial charge on any atom is -0.341 e. The summed E-state index contributed by atoms with van der Waals surface area (Å²) >= 11 is 0. The van der Waals surface area contributed by atoms with Gasteiger partial charge in [-0.2, -0.15) is 0 Å². The predicted octanol–water partition coefficient (Wildman–Crippen LogP) is 0.755. The number of likely N-dealkylation sites (N-methyl/N-ethyl adjacent to an activating group) is 1. The molecule has 2 atom stereocenters. The second kappa shape index (κ2) is 7.74. The van der Waals surface area contributed by atoms with Gasteiger partial charge in [0.2, 0.25) is 5.91 Å². The highest BCUT2D eigenvalue weighted by molar-refractivity contribution is 7.91. The Labute approximate surface area is 182 Å². The molecule has 2 aromatic rings. The van der Waals surface area contributed by atoms with E-state index < -0.39 is 9.84 Å². The Hall–Kier alpha value is -2.20. The van der Waals surface area contributed by atoms with Crippen LogP contribution in [0.25, 0.3) is 5.65 Å². The van der Waals surface area contributed by atoms with Crippen LogP contribution in [0.5, 0.6) is 0 Å². The molecule has 2 aliphatic rings. The van der Waals surface area contributed by atoms with E-state index in [9.17, 15) is 18.0 Å². The topological polar surface area (TPSA) is 108 Å². The molecule has 1 N–H and O–H groups in total. The lowest BCUT2D eigenvalue weighted by molar-refractivity contribution is -0.131. The van der Waals surface area contributed by atoms with Crippen molar-refractivity contribution in [3.05, 3.63) is 33.9 Å². The van der Waals surface area contributed by atoms with Crippen molar-refractivity contribution in [2.75, 3.05) is 38.2 Å². The molecule has 170 valence electrons.